The second-order valence-corrected chi connectivity index (χ2v) is 7.59. The van der Waals surface area contributed by atoms with E-state index >= 15 is 0 Å². The molecule has 6 aromatic rings. The van der Waals surface area contributed by atoms with Crippen LogP contribution >= 0.6 is 0 Å². The van der Waals surface area contributed by atoms with E-state index in [1.54, 1.807) is 6.20 Å². The largest absolute Gasteiger partial charge is 0.360 e. The Bertz CT molecular complexity index is 1690. The number of Topliss-reactive ketones (excluding diaryl/α,β-unsaturated/α-hetero) is 1. The minimum Gasteiger partial charge on any atom is -0.360 e. The fraction of sp³-hybridized carbons (Fsp3) is 0.0400. The molecular formula is C25H17N5O2. The normalized spacial score (nSPS) is 11.5. The van der Waals surface area contributed by atoms with E-state index in [0.29, 0.717) is 22.6 Å². The first-order chi connectivity index (χ1) is 15.7. The molecule has 0 aliphatic rings. The van der Waals surface area contributed by atoms with Gasteiger partial charge >= 0.3 is 5.69 Å². The predicted molar refractivity (Wildman–Crippen MR) is 123 cm³/mol. The van der Waals surface area contributed by atoms with Crippen LogP contribution in [0.4, 0.5) is 0 Å². The zero-order chi connectivity index (χ0) is 21.7. The number of benzene rings is 3. The summed E-state index contributed by atoms with van der Waals surface area (Å²) in [6, 6.07) is 24.6. The third-order valence-electron chi connectivity index (χ3n) is 5.68. The first kappa shape index (κ1) is 18.3. The topological polar surface area (TPSA) is 85.1 Å². The number of nitrogens with one attached hydrogen (secondary N) is 1. The average molecular weight is 419 g/mol. The van der Waals surface area contributed by atoms with Crippen molar-refractivity contribution in [3.8, 4) is 11.4 Å². The standard InChI is InChI=1S/C25H17N5O2/c31-22(19-14-26-20-12-6-4-10-17(19)20)15-29-21-13-7-5-11-18(21)24-27-23(28-30(24)25(29)32)16-8-2-1-3-9-16/h1-14,26H,15H2. The molecule has 154 valence electrons. The highest BCUT2D eigenvalue weighted by molar-refractivity contribution is 6.08. The minimum absolute atomic E-state index is 0.0995. The van der Waals surface area contributed by atoms with Crippen LogP contribution in [0, 0.1) is 0 Å². The van der Waals surface area contributed by atoms with Crippen molar-refractivity contribution in [2.45, 2.75) is 6.54 Å². The van der Waals surface area contributed by atoms with Gasteiger partial charge < -0.3 is 4.98 Å². The number of aromatic amines is 1. The van der Waals surface area contributed by atoms with Gasteiger partial charge in [0.15, 0.2) is 17.3 Å². The van der Waals surface area contributed by atoms with Gasteiger partial charge in [0.1, 0.15) is 0 Å². The molecule has 32 heavy (non-hydrogen) atoms. The second-order valence-electron chi connectivity index (χ2n) is 7.59. The van der Waals surface area contributed by atoms with Crippen LogP contribution in [0.5, 0.6) is 0 Å². The lowest BCUT2D eigenvalue weighted by atomic mass is 10.1. The molecule has 0 radical (unpaired) electrons. The summed E-state index contributed by atoms with van der Waals surface area (Å²) in [4.78, 5) is 34.4. The molecule has 0 fully saturated rings. The molecule has 0 bridgehead atoms. The molecular weight excluding hydrogens is 402 g/mol. The Balaban J connectivity index is 1.54. The van der Waals surface area contributed by atoms with Gasteiger partial charge in [0.2, 0.25) is 0 Å². The number of carbonyl (C=O) groups is 1. The summed E-state index contributed by atoms with van der Waals surface area (Å²) in [6.45, 7) is -0.0995. The molecule has 6 rings (SSSR count). The summed E-state index contributed by atoms with van der Waals surface area (Å²) in [7, 11) is 0. The van der Waals surface area contributed by atoms with Crippen molar-refractivity contribution in [3.05, 3.63) is 101 Å². The number of ketones is 1. The molecule has 0 aliphatic carbocycles. The van der Waals surface area contributed by atoms with Crippen LogP contribution in [0.2, 0.25) is 0 Å². The van der Waals surface area contributed by atoms with Crippen LogP contribution < -0.4 is 5.69 Å². The molecule has 3 aromatic heterocycles. The van der Waals surface area contributed by atoms with E-state index in [1.165, 1.54) is 9.08 Å². The summed E-state index contributed by atoms with van der Waals surface area (Å²) in [5, 5.41) is 6.06. The van der Waals surface area contributed by atoms with Gasteiger partial charge in [0.05, 0.1) is 12.1 Å². The number of aromatic nitrogens is 5. The van der Waals surface area contributed by atoms with Gasteiger partial charge in [-0.2, -0.15) is 4.52 Å². The summed E-state index contributed by atoms with van der Waals surface area (Å²) in [6.07, 6.45) is 1.70. The van der Waals surface area contributed by atoms with E-state index in [9.17, 15) is 9.59 Å². The molecule has 1 N–H and O–H groups in total. The van der Waals surface area contributed by atoms with Crippen molar-refractivity contribution >= 4 is 33.2 Å². The smallest absolute Gasteiger partial charge is 0.351 e. The molecule has 3 heterocycles. The highest BCUT2D eigenvalue weighted by Gasteiger charge is 2.19. The van der Waals surface area contributed by atoms with Crippen molar-refractivity contribution in [2.24, 2.45) is 0 Å². The van der Waals surface area contributed by atoms with Crippen molar-refractivity contribution in [1.82, 2.24) is 24.1 Å². The monoisotopic (exact) mass is 419 g/mol. The number of hydrogen-bond donors (Lipinski definition) is 1. The maximum absolute atomic E-state index is 13.4. The third-order valence-corrected chi connectivity index (χ3v) is 5.68. The SMILES string of the molecule is O=C(Cn1c(=O)n2nc(-c3ccccc3)nc2c2ccccc21)c1c[nH]c2ccccc12. The average Bonchev–Trinajstić information content (AvgIpc) is 3.48. The van der Waals surface area contributed by atoms with Crippen molar-refractivity contribution in [3.63, 3.8) is 0 Å². The lowest BCUT2D eigenvalue weighted by Crippen LogP contribution is -2.30. The quantitative estimate of drug-likeness (QED) is 0.437. The van der Waals surface area contributed by atoms with Crippen LogP contribution in [0.3, 0.4) is 0 Å². The number of H-pyrrole nitrogens is 1. The van der Waals surface area contributed by atoms with Crippen LogP contribution in [-0.4, -0.2) is 29.9 Å². The Morgan fingerprint density at radius 2 is 1.59 bits per heavy atom. The van der Waals surface area contributed by atoms with Crippen molar-refractivity contribution < 1.29 is 4.79 Å². The van der Waals surface area contributed by atoms with Gasteiger partial charge in [-0.25, -0.2) is 9.78 Å². The lowest BCUT2D eigenvalue weighted by molar-refractivity contribution is 0.0973. The van der Waals surface area contributed by atoms with E-state index < -0.39 is 5.69 Å². The predicted octanol–water partition coefficient (Wildman–Crippen LogP) is 4.08. The number of hydrogen-bond acceptors (Lipinski definition) is 4. The summed E-state index contributed by atoms with van der Waals surface area (Å²) in [5.41, 5.74) is 2.97. The Hall–Kier alpha value is -4.52. The van der Waals surface area contributed by atoms with E-state index in [-0.39, 0.29) is 12.3 Å². The van der Waals surface area contributed by atoms with Gasteiger partial charge in [0, 0.05) is 33.6 Å². The van der Waals surface area contributed by atoms with E-state index in [1.807, 2.05) is 78.9 Å². The van der Waals surface area contributed by atoms with Gasteiger partial charge in [0.25, 0.3) is 0 Å². The van der Waals surface area contributed by atoms with Crippen molar-refractivity contribution in [1.29, 1.82) is 0 Å². The molecule has 0 saturated heterocycles. The van der Waals surface area contributed by atoms with E-state index in [0.717, 1.165) is 21.9 Å². The highest BCUT2D eigenvalue weighted by Crippen LogP contribution is 2.22. The highest BCUT2D eigenvalue weighted by atomic mass is 16.2. The first-order valence-electron chi connectivity index (χ1n) is 10.2. The van der Waals surface area contributed by atoms with Gasteiger partial charge in [-0.1, -0.05) is 60.7 Å². The minimum atomic E-state index is -0.401. The lowest BCUT2D eigenvalue weighted by Gasteiger charge is -2.10. The fourth-order valence-corrected chi connectivity index (χ4v) is 4.13. The molecule has 7 nitrogen and oxygen atoms in total. The molecule has 0 spiro atoms. The summed E-state index contributed by atoms with van der Waals surface area (Å²) in [5.74, 6) is 0.311. The maximum Gasteiger partial charge on any atom is 0.351 e. The van der Waals surface area contributed by atoms with Crippen LogP contribution in [0.1, 0.15) is 10.4 Å². The van der Waals surface area contributed by atoms with Crippen LogP contribution in [0.25, 0.3) is 38.8 Å². The molecule has 3 aromatic carbocycles. The zero-order valence-corrected chi connectivity index (χ0v) is 16.9. The Morgan fingerprint density at radius 1 is 0.875 bits per heavy atom. The fourth-order valence-electron chi connectivity index (χ4n) is 4.13. The van der Waals surface area contributed by atoms with E-state index in [2.05, 4.69) is 15.1 Å². The first-order valence-corrected chi connectivity index (χ1v) is 10.2. The number of para-hydroxylation sites is 2. The van der Waals surface area contributed by atoms with Crippen LogP contribution in [-0.2, 0) is 6.54 Å². The number of rotatable bonds is 4. The molecule has 0 unspecified atom stereocenters. The molecule has 0 aliphatic heterocycles. The van der Waals surface area contributed by atoms with E-state index in [4.69, 9.17) is 0 Å². The molecule has 0 amide bonds. The van der Waals surface area contributed by atoms with Gasteiger partial charge in [-0.05, 0) is 18.2 Å². The molecule has 7 heteroatoms. The number of fused-ring (bicyclic) bond motifs is 4. The Morgan fingerprint density at radius 3 is 2.44 bits per heavy atom. The second kappa shape index (κ2) is 7.02. The zero-order valence-electron chi connectivity index (χ0n) is 16.9. The van der Waals surface area contributed by atoms with Gasteiger partial charge in [-0.3, -0.25) is 9.36 Å². The van der Waals surface area contributed by atoms with Crippen LogP contribution in [0.15, 0.2) is 89.9 Å². The number of carbonyl (C=O) groups excluding carboxylic acids is 1. The van der Waals surface area contributed by atoms with Gasteiger partial charge in [-0.15, -0.1) is 5.10 Å². The maximum atomic E-state index is 13.4. The molecule has 0 atom stereocenters. The summed E-state index contributed by atoms with van der Waals surface area (Å²) >= 11 is 0. The summed E-state index contributed by atoms with van der Waals surface area (Å²) < 4.78 is 2.75. The number of nitrogens with zero attached hydrogens (tertiary/aromatic N) is 4. The third kappa shape index (κ3) is 2.75. The van der Waals surface area contributed by atoms with Crippen molar-refractivity contribution in [2.75, 3.05) is 0 Å². The Kier molecular flexibility index (Phi) is 4.01. The molecule has 0 saturated carbocycles. The Labute approximate surface area is 181 Å².